The first-order chi connectivity index (χ1) is 12.6. The van der Waals surface area contributed by atoms with Crippen LogP contribution in [0, 0.1) is 19.7 Å². The normalized spacial score (nSPS) is 11.0. The van der Waals surface area contributed by atoms with E-state index in [1.165, 1.54) is 29.5 Å². The van der Waals surface area contributed by atoms with Crippen LogP contribution in [-0.2, 0) is 6.61 Å². The fraction of sp³-hybridized carbons (Fsp3) is 0.150. The zero-order valence-electron chi connectivity index (χ0n) is 14.5. The van der Waals surface area contributed by atoms with E-state index in [2.05, 4.69) is 47.0 Å². The number of pyridine rings is 1. The Morgan fingerprint density at radius 3 is 2.77 bits per heavy atom. The summed E-state index contributed by atoms with van der Waals surface area (Å²) < 4.78 is 20.5. The lowest BCUT2D eigenvalue weighted by Crippen LogP contribution is -1.97. The van der Waals surface area contributed by atoms with Crippen LogP contribution in [0.15, 0.2) is 55.1 Å². The van der Waals surface area contributed by atoms with Gasteiger partial charge in [0, 0.05) is 36.4 Å². The maximum atomic E-state index is 13.2. The van der Waals surface area contributed by atoms with Gasteiger partial charge in [0.25, 0.3) is 0 Å². The molecule has 3 heterocycles. The molecule has 6 heteroatoms. The third kappa shape index (κ3) is 3.26. The van der Waals surface area contributed by atoms with Gasteiger partial charge in [-0.25, -0.2) is 19.3 Å². The van der Waals surface area contributed by atoms with Gasteiger partial charge in [0.2, 0.25) is 11.7 Å². The van der Waals surface area contributed by atoms with E-state index in [4.69, 9.17) is 4.74 Å². The largest absolute Gasteiger partial charge is 0.471 e. The molecule has 1 aromatic carbocycles. The van der Waals surface area contributed by atoms with Crippen molar-refractivity contribution in [2.75, 3.05) is 0 Å². The van der Waals surface area contributed by atoms with Crippen molar-refractivity contribution in [3.05, 3.63) is 77.8 Å². The predicted molar refractivity (Wildman–Crippen MR) is 96.4 cm³/mol. The number of aromatic nitrogens is 4. The van der Waals surface area contributed by atoms with E-state index in [0.29, 0.717) is 11.5 Å². The zero-order valence-corrected chi connectivity index (χ0v) is 14.5. The number of aryl methyl sites for hydroxylation is 2. The molecule has 0 amide bonds. The third-order valence-electron chi connectivity index (χ3n) is 4.12. The Balaban J connectivity index is 1.59. The van der Waals surface area contributed by atoms with Crippen molar-refractivity contribution < 1.29 is 9.13 Å². The van der Waals surface area contributed by atoms with Gasteiger partial charge in [-0.05, 0) is 31.0 Å². The maximum absolute atomic E-state index is 13.2. The van der Waals surface area contributed by atoms with Crippen molar-refractivity contribution in [1.82, 2.24) is 19.4 Å². The fourth-order valence-corrected chi connectivity index (χ4v) is 2.89. The highest BCUT2D eigenvalue weighted by Crippen LogP contribution is 2.24. The van der Waals surface area contributed by atoms with Gasteiger partial charge in [-0.3, -0.25) is 4.40 Å². The van der Waals surface area contributed by atoms with E-state index in [-0.39, 0.29) is 18.3 Å². The maximum Gasteiger partial charge on any atom is 0.234 e. The molecule has 0 fully saturated rings. The van der Waals surface area contributed by atoms with Crippen molar-refractivity contribution in [2.45, 2.75) is 20.5 Å². The molecule has 0 saturated carbocycles. The van der Waals surface area contributed by atoms with Gasteiger partial charge in [0.15, 0.2) is 0 Å². The molecule has 0 aliphatic rings. The number of fused-ring (bicyclic) bond motifs is 1. The Kier molecular flexibility index (Phi) is 4.08. The predicted octanol–water partition coefficient (Wildman–Crippen LogP) is 4.13. The van der Waals surface area contributed by atoms with Crippen molar-refractivity contribution in [3.63, 3.8) is 0 Å². The first-order valence-corrected chi connectivity index (χ1v) is 8.24. The molecule has 3 aromatic heterocycles. The second-order valence-electron chi connectivity index (χ2n) is 6.20. The second-order valence-corrected chi connectivity index (χ2v) is 6.20. The van der Waals surface area contributed by atoms with Gasteiger partial charge in [-0.15, -0.1) is 0 Å². The molecule has 5 nitrogen and oxygen atoms in total. The quantitative estimate of drug-likeness (QED) is 0.556. The number of benzene rings is 1. The van der Waals surface area contributed by atoms with Crippen LogP contribution >= 0.6 is 0 Å². The molecular formula is C20H17FN4O. The highest BCUT2D eigenvalue weighted by Gasteiger charge is 2.08. The molecule has 0 spiro atoms. The Labute approximate surface area is 150 Å². The molecule has 0 saturated heterocycles. The lowest BCUT2D eigenvalue weighted by Gasteiger charge is -2.07. The average molecular weight is 348 g/mol. The number of hydrogen-bond acceptors (Lipinski definition) is 4. The van der Waals surface area contributed by atoms with Gasteiger partial charge in [-0.1, -0.05) is 23.8 Å². The molecule has 130 valence electrons. The highest BCUT2D eigenvalue weighted by atomic mass is 19.1. The number of halogens is 1. The van der Waals surface area contributed by atoms with Crippen LogP contribution < -0.4 is 4.74 Å². The molecular weight excluding hydrogens is 331 g/mol. The van der Waals surface area contributed by atoms with Crippen molar-refractivity contribution in [3.8, 4) is 17.0 Å². The van der Waals surface area contributed by atoms with Crippen LogP contribution in [0.25, 0.3) is 16.9 Å². The molecule has 0 N–H and O–H groups in total. The summed E-state index contributed by atoms with van der Waals surface area (Å²) in [5, 5.41) is 0. The minimum Gasteiger partial charge on any atom is -0.471 e. The average Bonchev–Trinajstić information content (AvgIpc) is 3.02. The Morgan fingerprint density at radius 2 is 1.96 bits per heavy atom. The van der Waals surface area contributed by atoms with Crippen molar-refractivity contribution in [2.24, 2.45) is 0 Å². The summed E-state index contributed by atoms with van der Waals surface area (Å²) in [6.07, 6.45) is 7.04. The minimum atomic E-state index is -0.384. The van der Waals surface area contributed by atoms with E-state index in [9.17, 15) is 4.39 Å². The summed E-state index contributed by atoms with van der Waals surface area (Å²) in [4.78, 5) is 12.8. The third-order valence-corrected chi connectivity index (χ3v) is 4.12. The highest BCUT2D eigenvalue weighted by molar-refractivity contribution is 5.66. The van der Waals surface area contributed by atoms with Gasteiger partial charge in [0.1, 0.15) is 12.4 Å². The first-order valence-electron chi connectivity index (χ1n) is 8.24. The van der Waals surface area contributed by atoms with Crippen LogP contribution in [0.1, 0.15) is 16.8 Å². The van der Waals surface area contributed by atoms with Crippen molar-refractivity contribution in [1.29, 1.82) is 0 Å². The standard InChI is InChI=1S/C20H17FN4O/c1-13-3-4-18(14(2)7-13)15-9-23-20-24-17(11-25(20)10-15)12-26-19-8-16(21)5-6-22-19/h3-11H,12H2,1-2H3. The number of rotatable bonds is 4. The van der Waals surface area contributed by atoms with Crippen LogP contribution in [0.3, 0.4) is 0 Å². The Bertz CT molecular complexity index is 1090. The summed E-state index contributed by atoms with van der Waals surface area (Å²) in [5.74, 6) is 0.431. The first kappa shape index (κ1) is 16.2. The lowest BCUT2D eigenvalue weighted by molar-refractivity contribution is 0.288. The number of nitrogens with zero attached hydrogens (tertiary/aromatic N) is 4. The summed E-state index contributed by atoms with van der Waals surface area (Å²) >= 11 is 0. The van der Waals surface area contributed by atoms with Gasteiger partial charge in [-0.2, -0.15) is 0 Å². The van der Waals surface area contributed by atoms with Gasteiger partial charge < -0.3 is 4.74 Å². The molecule has 0 aliphatic heterocycles. The van der Waals surface area contributed by atoms with E-state index < -0.39 is 0 Å². The Morgan fingerprint density at radius 1 is 1.08 bits per heavy atom. The zero-order chi connectivity index (χ0) is 18.1. The smallest absolute Gasteiger partial charge is 0.234 e. The molecule has 0 aliphatic carbocycles. The van der Waals surface area contributed by atoms with E-state index >= 15 is 0 Å². The van der Waals surface area contributed by atoms with Crippen LogP contribution in [0.4, 0.5) is 4.39 Å². The Hall–Kier alpha value is -3.28. The fourth-order valence-electron chi connectivity index (χ4n) is 2.89. The summed E-state index contributed by atoms with van der Waals surface area (Å²) in [7, 11) is 0. The molecule has 26 heavy (non-hydrogen) atoms. The van der Waals surface area contributed by atoms with Gasteiger partial charge in [0.05, 0.1) is 5.69 Å². The lowest BCUT2D eigenvalue weighted by atomic mass is 10.0. The van der Waals surface area contributed by atoms with Crippen molar-refractivity contribution >= 4 is 5.78 Å². The summed E-state index contributed by atoms with van der Waals surface area (Å²) in [6.45, 7) is 4.36. The van der Waals surface area contributed by atoms with E-state index in [0.717, 1.165) is 11.1 Å². The van der Waals surface area contributed by atoms with E-state index in [1.807, 2.05) is 23.0 Å². The number of hydrogen-bond donors (Lipinski definition) is 0. The molecule has 4 rings (SSSR count). The number of imidazole rings is 1. The molecule has 0 radical (unpaired) electrons. The topological polar surface area (TPSA) is 52.3 Å². The number of ether oxygens (including phenoxy) is 1. The molecule has 0 bridgehead atoms. The SMILES string of the molecule is Cc1ccc(-c2cnc3nc(COc4cc(F)ccn4)cn3c2)c(C)c1. The molecule has 0 unspecified atom stereocenters. The minimum absolute atomic E-state index is 0.193. The van der Waals surface area contributed by atoms with Crippen LogP contribution in [0.5, 0.6) is 5.88 Å². The summed E-state index contributed by atoms with van der Waals surface area (Å²) in [6, 6.07) is 8.86. The van der Waals surface area contributed by atoms with Crippen LogP contribution in [-0.4, -0.2) is 19.4 Å². The molecule has 0 atom stereocenters. The van der Waals surface area contributed by atoms with E-state index in [1.54, 1.807) is 0 Å². The summed E-state index contributed by atoms with van der Waals surface area (Å²) in [5.41, 5.74) is 5.29. The monoisotopic (exact) mass is 348 g/mol. The molecule has 4 aromatic rings. The van der Waals surface area contributed by atoms with Crippen LogP contribution in [0.2, 0.25) is 0 Å². The second kappa shape index (κ2) is 6.55. The van der Waals surface area contributed by atoms with Gasteiger partial charge >= 0.3 is 0 Å².